The third kappa shape index (κ3) is 8.02. The Morgan fingerprint density at radius 2 is 2.10 bits per heavy atom. The molecule has 1 aliphatic rings. The number of nitrogens with zero attached hydrogens (tertiary/aromatic N) is 1. The van der Waals surface area contributed by atoms with Gasteiger partial charge >= 0.3 is 6.03 Å². The summed E-state index contributed by atoms with van der Waals surface area (Å²) in [6, 6.07) is -0.391. The number of carbonyl (C=O) groups excluding carboxylic acids is 2. The molecule has 6 nitrogen and oxygen atoms in total. The summed E-state index contributed by atoms with van der Waals surface area (Å²) in [5, 5.41) is 8.44. The Kier molecular flexibility index (Phi) is 9.01. The second kappa shape index (κ2) is 10.6. The van der Waals surface area contributed by atoms with E-state index in [1.165, 1.54) is 12.8 Å². The van der Waals surface area contributed by atoms with Crippen LogP contribution in [-0.2, 0) is 4.79 Å². The lowest BCUT2D eigenvalue weighted by Crippen LogP contribution is -2.46. The van der Waals surface area contributed by atoms with Crippen molar-refractivity contribution in [1.29, 1.82) is 0 Å². The molecule has 6 heteroatoms. The van der Waals surface area contributed by atoms with Gasteiger partial charge in [0.1, 0.15) is 0 Å². The minimum atomic E-state index is -0.391. The van der Waals surface area contributed by atoms with Crippen LogP contribution < -0.4 is 16.0 Å². The maximum absolute atomic E-state index is 11.9. The van der Waals surface area contributed by atoms with Crippen molar-refractivity contribution in [3.05, 3.63) is 0 Å². The van der Waals surface area contributed by atoms with Gasteiger partial charge in [-0.3, -0.25) is 15.0 Å². The summed E-state index contributed by atoms with van der Waals surface area (Å²) < 4.78 is 0. The largest absolute Gasteiger partial charge is 0.338 e. The fraction of sp³-hybridized carbons (Fsp3) is 0.867. The summed E-state index contributed by atoms with van der Waals surface area (Å²) in [5.41, 5.74) is 0. The molecule has 0 bridgehead atoms. The molecular formula is C15H30N4O2. The predicted molar refractivity (Wildman–Crippen MR) is 84.2 cm³/mol. The number of nitrogens with one attached hydrogen (secondary N) is 3. The number of rotatable bonds is 8. The molecule has 3 N–H and O–H groups in total. The minimum Gasteiger partial charge on any atom is -0.338 e. The van der Waals surface area contributed by atoms with Crippen molar-refractivity contribution in [3.63, 3.8) is 0 Å². The Morgan fingerprint density at radius 1 is 1.29 bits per heavy atom. The van der Waals surface area contributed by atoms with E-state index in [0.29, 0.717) is 19.0 Å². The Bertz CT molecular complexity index is 317. The Labute approximate surface area is 128 Å². The molecule has 1 saturated heterocycles. The molecule has 1 unspecified atom stereocenters. The van der Waals surface area contributed by atoms with Gasteiger partial charge in [0.15, 0.2) is 0 Å². The minimum absolute atomic E-state index is 0.221. The zero-order chi connectivity index (χ0) is 15.5. The molecule has 3 amide bonds. The van der Waals surface area contributed by atoms with Crippen molar-refractivity contribution in [2.75, 3.05) is 39.3 Å². The molecule has 1 rings (SSSR count). The van der Waals surface area contributed by atoms with Gasteiger partial charge in [-0.1, -0.05) is 13.8 Å². The summed E-state index contributed by atoms with van der Waals surface area (Å²) >= 11 is 0. The van der Waals surface area contributed by atoms with E-state index in [4.69, 9.17) is 0 Å². The molecule has 1 atom stereocenters. The quantitative estimate of drug-likeness (QED) is 0.623. The zero-order valence-electron chi connectivity index (χ0n) is 13.4. The van der Waals surface area contributed by atoms with Crippen LogP contribution in [-0.4, -0.2) is 56.1 Å². The average Bonchev–Trinajstić information content (AvgIpc) is 2.46. The molecule has 1 heterocycles. The van der Waals surface area contributed by atoms with Crippen molar-refractivity contribution in [3.8, 4) is 0 Å². The van der Waals surface area contributed by atoms with Crippen LogP contribution in [0, 0.1) is 5.92 Å². The normalized spacial score (nSPS) is 18.5. The molecule has 0 spiro atoms. The summed E-state index contributed by atoms with van der Waals surface area (Å²) in [7, 11) is 0. The summed E-state index contributed by atoms with van der Waals surface area (Å²) in [5.74, 6) is 0.382. The van der Waals surface area contributed by atoms with Crippen LogP contribution in [0.1, 0.15) is 39.5 Å². The Morgan fingerprint density at radius 3 is 2.71 bits per heavy atom. The first-order valence-corrected chi connectivity index (χ1v) is 8.16. The number of urea groups is 1. The van der Waals surface area contributed by atoms with E-state index >= 15 is 0 Å². The van der Waals surface area contributed by atoms with Crippen LogP contribution in [0.3, 0.4) is 0 Å². The molecule has 0 aromatic heterocycles. The van der Waals surface area contributed by atoms with Gasteiger partial charge in [-0.05, 0) is 51.2 Å². The first kappa shape index (κ1) is 17.9. The second-order valence-corrected chi connectivity index (χ2v) is 5.75. The summed E-state index contributed by atoms with van der Waals surface area (Å²) in [6.45, 7) is 8.91. The zero-order valence-corrected chi connectivity index (χ0v) is 13.4. The molecule has 1 fully saturated rings. The number of imide groups is 1. The maximum atomic E-state index is 11.9. The van der Waals surface area contributed by atoms with Crippen LogP contribution >= 0.6 is 0 Å². The van der Waals surface area contributed by atoms with Gasteiger partial charge in [-0.2, -0.15) is 0 Å². The van der Waals surface area contributed by atoms with Crippen molar-refractivity contribution < 1.29 is 9.59 Å². The Hall–Kier alpha value is -1.14. The summed E-state index contributed by atoms with van der Waals surface area (Å²) in [6.07, 6.45) is 4.29. The SMILES string of the molecule is CCCNC(=O)NC(=O)CN(CCC)CC1CCCNC1. The standard InChI is InChI=1S/C15H30N4O2/c1-3-7-17-15(21)18-14(20)12-19(9-4-2)11-13-6-5-8-16-10-13/h13,16H,3-12H2,1-2H3,(H2,17,18,20,21). The number of piperidine rings is 1. The van der Waals surface area contributed by atoms with Gasteiger partial charge in [0.05, 0.1) is 6.54 Å². The molecule has 0 saturated carbocycles. The van der Waals surface area contributed by atoms with Crippen LogP contribution in [0.15, 0.2) is 0 Å². The van der Waals surface area contributed by atoms with E-state index in [2.05, 4.69) is 27.8 Å². The van der Waals surface area contributed by atoms with Crippen LogP contribution in [0.25, 0.3) is 0 Å². The molecule has 1 aliphatic heterocycles. The van der Waals surface area contributed by atoms with E-state index in [1.807, 2.05) is 6.92 Å². The molecule has 0 aliphatic carbocycles. The lowest BCUT2D eigenvalue weighted by molar-refractivity contribution is -0.121. The van der Waals surface area contributed by atoms with E-state index in [1.54, 1.807) is 0 Å². The topological polar surface area (TPSA) is 73.5 Å². The van der Waals surface area contributed by atoms with Crippen LogP contribution in [0.5, 0.6) is 0 Å². The van der Waals surface area contributed by atoms with Gasteiger partial charge in [-0.15, -0.1) is 0 Å². The number of amides is 3. The highest BCUT2D eigenvalue weighted by atomic mass is 16.2. The van der Waals surface area contributed by atoms with Crippen LogP contribution in [0.2, 0.25) is 0 Å². The van der Waals surface area contributed by atoms with Crippen molar-refractivity contribution >= 4 is 11.9 Å². The third-order valence-corrected chi connectivity index (χ3v) is 3.61. The molecular weight excluding hydrogens is 268 g/mol. The highest BCUT2D eigenvalue weighted by Crippen LogP contribution is 2.11. The average molecular weight is 298 g/mol. The van der Waals surface area contributed by atoms with Crippen molar-refractivity contribution in [2.24, 2.45) is 5.92 Å². The highest BCUT2D eigenvalue weighted by molar-refractivity contribution is 5.95. The fourth-order valence-corrected chi connectivity index (χ4v) is 2.65. The molecule has 122 valence electrons. The number of hydrogen-bond acceptors (Lipinski definition) is 4. The monoisotopic (exact) mass is 298 g/mol. The van der Waals surface area contributed by atoms with E-state index in [0.717, 1.165) is 39.0 Å². The van der Waals surface area contributed by atoms with Gasteiger partial charge in [0.25, 0.3) is 0 Å². The second-order valence-electron chi connectivity index (χ2n) is 5.75. The van der Waals surface area contributed by atoms with Crippen molar-refractivity contribution in [1.82, 2.24) is 20.9 Å². The molecule has 0 radical (unpaired) electrons. The summed E-state index contributed by atoms with van der Waals surface area (Å²) in [4.78, 5) is 25.5. The van der Waals surface area contributed by atoms with Gasteiger partial charge < -0.3 is 10.6 Å². The van der Waals surface area contributed by atoms with E-state index < -0.39 is 6.03 Å². The Balaban J connectivity index is 2.34. The maximum Gasteiger partial charge on any atom is 0.321 e. The van der Waals surface area contributed by atoms with Gasteiger partial charge in [-0.25, -0.2) is 4.79 Å². The first-order chi connectivity index (χ1) is 10.2. The number of carbonyl (C=O) groups is 2. The van der Waals surface area contributed by atoms with Crippen molar-refractivity contribution in [2.45, 2.75) is 39.5 Å². The first-order valence-electron chi connectivity index (χ1n) is 8.16. The highest BCUT2D eigenvalue weighted by Gasteiger charge is 2.19. The number of hydrogen-bond donors (Lipinski definition) is 3. The molecule has 0 aromatic rings. The lowest BCUT2D eigenvalue weighted by Gasteiger charge is -2.29. The molecule has 0 aromatic carbocycles. The van der Waals surface area contributed by atoms with E-state index in [9.17, 15) is 9.59 Å². The van der Waals surface area contributed by atoms with Crippen LogP contribution in [0.4, 0.5) is 4.79 Å². The lowest BCUT2D eigenvalue weighted by atomic mass is 9.99. The van der Waals surface area contributed by atoms with Gasteiger partial charge in [0, 0.05) is 13.1 Å². The predicted octanol–water partition coefficient (Wildman–Crippen LogP) is 0.934. The van der Waals surface area contributed by atoms with E-state index in [-0.39, 0.29) is 5.91 Å². The third-order valence-electron chi connectivity index (χ3n) is 3.61. The molecule has 21 heavy (non-hydrogen) atoms. The van der Waals surface area contributed by atoms with Gasteiger partial charge in [0.2, 0.25) is 5.91 Å². The fourth-order valence-electron chi connectivity index (χ4n) is 2.65. The smallest absolute Gasteiger partial charge is 0.321 e.